The molecule has 0 aliphatic heterocycles. The first-order valence-corrected chi connectivity index (χ1v) is 5.82. The van der Waals surface area contributed by atoms with Crippen LogP contribution in [0.5, 0.6) is 0 Å². The molecule has 0 heterocycles. The number of amides is 1. The summed E-state index contributed by atoms with van der Waals surface area (Å²) >= 11 is 6.06. The molecule has 0 spiro atoms. The van der Waals surface area contributed by atoms with Crippen LogP contribution in [-0.2, 0) is 6.54 Å². The number of nitrogens with two attached hydrogens (primary N) is 1. The van der Waals surface area contributed by atoms with E-state index >= 15 is 0 Å². The van der Waals surface area contributed by atoms with E-state index in [1.807, 2.05) is 20.2 Å². The summed E-state index contributed by atoms with van der Waals surface area (Å²) in [5.41, 5.74) is 6.57. The van der Waals surface area contributed by atoms with Crippen LogP contribution in [-0.4, -0.2) is 38.0 Å². The highest BCUT2D eigenvalue weighted by Crippen LogP contribution is 2.17. The molecule has 0 bridgehead atoms. The van der Waals surface area contributed by atoms with Crippen LogP contribution in [0.1, 0.15) is 15.9 Å². The number of hydrogen-bond donors (Lipinski definition) is 2. The Bertz CT molecular complexity index is 393. The van der Waals surface area contributed by atoms with E-state index in [9.17, 15) is 4.79 Å². The quantitative estimate of drug-likeness (QED) is 0.749. The largest absolute Gasteiger partial charge is 0.366 e. The molecule has 0 saturated heterocycles. The molecule has 0 aliphatic rings. The number of nitrogens with zero attached hydrogens (tertiary/aromatic N) is 1. The molecular weight excluding hydrogens is 238 g/mol. The molecule has 1 amide bonds. The molecular formula is C12H18ClN3O. The van der Waals surface area contributed by atoms with E-state index in [1.54, 1.807) is 12.1 Å². The number of benzene rings is 1. The summed E-state index contributed by atoms with van der Waals surface area (Å²) in [5.74, 6) is -0.459. The normalized spacial score (nSPS) is 10.8. The smallest absolute Gasteiger partial charge is 0.248 e. The molecule has 0 fully saturated rings. The first-order chi connectivity index (χ1) is 8.00. The molecule has 0 aromatic heterocycles. The maximum atomic E-state index is 10.9. The highest BCUT2D eigenvalue weighted by atomic mass is 35.5. The van der Waals surface area contributed by atoms with Gasteiger partial charge in [-0.3, -0.25) is 4.79 Å². The van der Waals surface area contributed by atoms with Gasteiger partial charge >= 0.3 is 0 Å². The second kappa shape index (κ2) is 6.59. The lowest BCUT2D eigenvalue weighted by molar-refractivity contribution is 0.100. The molecule has 17 heavy (non-hydrogen) atoms. The summed E-state index contributed by atoms with van der Waals surface area (Å²) in [4.78, 5) is 13.0. The van der Waals surface area contributed by atoms with Crippen molar-refractivity contribution in [1.82, 2.24) is 10.2 Å². The SMILES string of the molecule is CN(C)CCNCc1ccc(C(N)=O)cc1Cl. The van der Waals surface area contributed by atoms with Crippen molar-refractivity contribution in [3.8, 4) is 0 Å². The zero-order chi connectivity index (χ0) is 12.8. The van der Waals surface area contributed by atoms with Gasteiger partial charge in [0, 0.05) is 30.2 Å². The van der Waals surface area contributed by atoms with Crippen molar-refractivity contribution >= 4 is 17.5 Å². The highest BCUT2D eigenvalue weighted by Gasteiger charge is 2.05. The Morgan fingerprint density at radius 1 is 1.47 bits per heavy atom. The second-order valence-corrected chi connectivity index (χ2v) is 4.56. The van der Waals surface area contributed by atoms with Crippen molar-refractivity contribution in [3.63, 3.8) is 0 Å². The van der Waals surface area contributed by atoms with Crippen LogP contribution in [0.15, 0.2) is 18.2 Å². The van der Waals surface area contributed by atoms with Crippen LogP contribution in [0, 0.1) is 0 Å². The molecule has 4 nitrogen and oxygen atoms in total. The fourth-order valence-corrected chi connectivity index (χ4v) is 1.62. The highest BCUT2D eigenvalue weighted by molar-refractivity contribution is 6.31. The third-order valence-corrected chi connectivity index (χ3v) is 2.74. The Morgan fingerprint density at radius 2 is 2.18 bits per heavy atom. The molecule has 94 valence electrons. The molecule has 0 aliphatic carbocycles. The maximum Gasteiger partial charge on any atom is 0.248 e. The molecule has 3 N–H and O–H groups in total. The minimum atomic E-state index is -0.459. The molecule has 0 atom stereocenters. The van der Waals surface area contributed by atoms with E-state index in [-0.39, 0.29) is 0 Å². The van der Waals surface area contributed by atoms with Crippen LogP contribution >= 0.6 is 11.6 Å². The van der Waals surface area contributed by atoms with Crippen LogP contribution in [0.3, 0.4) is 0 Å². The van der Waals surface area contributed by atoms with Crippen LogP contribution < -0.4 is 11.1 Å². The second-order valence-electron chi connectivity index (χ2n) is 4.15. The summed E-state index contributed by atoms with van der Waals surface area (Å²) in [6, 6.07) is 5.12. The van der Waals surface area contributed by atoms with Gasteiger partial charge in [-0.25, -0.2) is 0 Å². The molecule has 1 aromatic rings. The fourth-order valence-electron chi connectivity index (χ4n) is 1.37. The number of primary amides is 1. The third kappa shape index (κ3) is 4.73. The third-order valence-electron chi connectivity index (χ3n) is 2.39. The molecule has 0 unspecified atom stereocenters. The summed E-state index contributed by atoms with van der Waals surface area (Å²) < 4.78 is 0. The fraction of sp³-hybridized carbons (Fsp3) is 0.417. The van der Waals surface area contributed by atoms with E-state index < -0.39 is 5.91 Å². The van der Waals surface area contributed by atoms with Crippen LogP contribution in [0.2, 0.25) is 5.02 Å². The Balaban J connectivity index is 2.52. The van der Waals surface area contributed by atoms with E-state index in [2.05, 4.69) is 10.2 Å². The van der Waals surface area contributed by atoms with Crippen LogP contribution in [0.4, 0.5) is 0 Å². The van der Waals surface area contributed by atoms with Gasteiger partial charge in [-0.2, -0.15) is 0 Å². The van der Waals surface area contributed by atoms with Crippen LogP contribution in [0.25, 0.3) is 0 Å². The topological polar surface area (TPSA) is 58.4 Å². The van der Waals surface area contributed by atoms with Gasteiger partial charge in [0.15, 0.2) is 0 Å². The molecule has 0 saturated carbocycles. The Morgan fingerprint density at radius 3 is 2.71 bits per heavy atom. The van der Waals surface area contributed by atoms with Crippen molar-refractivity contribution in [3.05, 3.63) is 34.3 Å². The minimum absolute atomic E-state index is 0.437. The summed E-state index contributed by atoms with van der Waals surface area (Å²) in [6.07, 6.45) is 0. The number of carbonyl (C=O) groups is 1. The van der Waals surface area contributed by atoms with Crippen molar-refractivity contribution in [1.29, 1.82) is 0 Å². The van der Waals surface area contributed by atoms with E-state index in [4.69, 9.17) is 17.3 Å². The summed E-state index contributed by atoms with van der Waals surface area (Å²) in [6.45, 7) is 2.55. The summed E-state index contributed by atoms with van der Waals surface area (Å²) in [5, 5.41) is 3.85. The summed E-state index contributed by atoms with van der Waals surface area (Å²) in [7, 11) is 4.05. The Hall–Kier alpha value is -1.10. The first-order valence-electron chi connectivity index (χ1n) is 5.44. The zero-order valence-electron chi connectivity index (χ0n) is 10.2. The monoisotopic (exact) mass is 255 g/mol. The van der Waals surface area contributed by atoms with E-state index in [0.717, 1.165) is 18.7 Å². The Kier molecular flexibility index (Phi) is 5.41. The first kappa shape index (κ1) is 14.0. The lowest BCUT2D eigenvalue weighted by Gasteiger charge is -2.11. The van der Waals surface area contributed by atoms with Gasteiger partial charge in [-0.05, 0) is 31.8 Å². The van der Waals surface area contributed by atoms with Gasteiger partial charge in [0.2, 0.25) is 5.91 Å². The standard InChI is InChI=1S/C12H18ClN3O/c1-16(2)6-5-15-8-10-4-3-9(12(14)17)7-11(10)13/h3-4,7,15H,5-6,8H2,1-2H3,(H2,14,17). The number of nitrogens with one attached hydrogen (secondary N) is 1. The van der Waals surface area contributed by atoms with Crippen molar-refractivity contribution < 1.29 is 4.79 Å². The predicted octanol–water partition coefficient (Wildman–Crippen LogP) is 1.09. The average molecular weight is 256 g/mol. The minimum Gasteiger partial charge on any atom is -0.366 e. The van der Waals surface area contributed by atoms with Crippen molar-refractivity contribution in [2.45, 2.75) is 6.54 Å². The molecule has 1 aromatic carbocycles. The van der Waals surface area contributed by atoms with Gasteiger partial charge in [0.1, 0.15) is 0 Å². The lowest BCUT2D eigenvalue weighted by atomic mass is 10.1. The lowest BCUT2D eigenvalue weighted by Crippen LogP contribution is -2.26. The number of carbonyl (C=O) groups excluding carboxylic acids is 1. The Labute approximate surface area is 107 Å². The molecule has 1 rings (SSSR count). The van der Waals surface area contributed by atoms with Gasteiger partial charge < -0.3 is 16.0 Å². The van der Waals surface area contributed by atoms with Crippen molar-refractivity contribution in [2.75, 3.05) is 27.2 Å². The number of halogens is 1. The predicted molar refractivity (Wildman–Crippen MR) is 70.2 cm³/mol. The zero-order valence-corrected chi connectivity index (χ0v) is 10.9. The van der Waals surface area contributed by atoms with Gasteiger partial charge in [0.05, 0.1) is 0 Å². The van der Waals surface area contributed by atoms with Crippen molar-refractivity contribution in [2.24, 2.45) is 5.73 Å². The average Bonchev–Trinajstić information content (AvgIpc) is 2.25. The number of hydrogen-bond acceptors (Lipinski definition) is 3. The van der Waals surface area contributed by atoms with E-state index in [1.165, 1.54) is 0 Å². The van der Waals surface area contributed by atoms with E-state index in [0.29, 0.717) is 17.1 Å². The number of likely N-dealkylation sites (N-methyl/N-ethyl adjacent to an activating group) is 1. The van der Waals surface area contributed by atoms with Gasteiger partial charge in [-0.1, -0.05) is 17.7 Å². The maximum absolute atomic E-state index is 10.9. The number of rotatable bonds is 6. The van der Waals surface area contributed by atoms with Gasteiger partial charge in [-0.15, -0.1) is 0 Å². The van der Waals surface area contributed by atoms with Gasteiger partial charge in [0.25, 0.3) is 0 Å². The molecule has 0 radical (unpaired) electrons. The molecule has 5 heteroatoms.